The van der Waals surface area contributed by atoms with E-state index in [1.807, 2.05) is 32.0 Å². The lowest BCUT2D eigenvalue weighted by Gasteiger charge is -2.20. The molecule has 4 heteroatoms. The summed E-state index contributed by atoms with van der Waals surface area (Å²) in [6.07, 6.45) is 2.05. The van der Waals surface area contributed by atoms with Gasteiger partial charge in [0.1, 0.15) is 0 Å². The molecule has 0 unspecified atom stereocenters. The van der Waals surface area contributed by atoms with Crippen LogP contribution < -0.4 is 5.32 Å². The molecule has 1 rings (SSSR count). The first-order valence-electron chi connectivity index (χ1n) is 7.21. The van der Waals surface area contributed by atoms with Crippen LogP contribution in [0.25, 0.3) is 0 Å². The summed E-state index contributed by atoms with van der Waals surface area (Å²) >= 11 is 0. The third kappa shape index (κ3) is 4.68. The van der Waals surface area contributed by atoms with E-state index in [0.717, 1.165) is 24.9 Å². The molecule has 0 spiro atoms. The number of benzene rings is 1. The van der Waals surface area contributed by atoms with Gasteiger partial charge in [-0.05, 0) is 31.9 Å². The molecule has 0 aliphatic heterocycles. The molecule has 0 radical (unpaired) electrons. The van der Waals surface area contributed by atoms with Gasteiger partial charge in [-0.1, -0.05) is 31.5 Å². The van der Waals surface area contributed by atoms with Gasteiger partial charge in [-0.25, -0.2) is 0 Å². The van der Waals surface area contributed by atoms with E-state index in [2.05, 4.69) is 12.2 Å². The van der Waals surface area contributed by atoms with Crippen molar-refractivity contribution in [3.8, 4) is 0 Å². The minimum Gasteiger partial charge on any atom is -0.343 e. The van der Waals surface area contributed by atoms with Gasteiger partial charge < -0.3 is 10.2 Å². The number of unbranched alkanes of at least 4 members (excludes halogenated alkanes) is 1. The Bertz CT molecular complexity index is 458. The number of nitrogens with one attached hydrogen (secondary N) is 1. The second-order valence-corrected chi connectivity index (χ2v) is 4.82. The highest BCUT2D eigenvalue weighted by atomic mass is 16.2. The van der Waals surface area contributed by atoms with E-state index in [-0.39, 0.29) is 18.4 Å². The van der Waals surface area contributed by atoms with Crippen molar-refractivity contribution in [2.45, 2.75) is 33.6 Å². The van der Waals surface area contributed by atoms with Crippen molar-refractivity contribution < 1.29 is 9.59 Å². The third-order valence-electron chi connectivity index (χ3n) is 3.31. The summed E-state index contributed by atoms with van der Waals surface area (Å²) < 4.78 is 0. The van der Waals surface area contributed by atoms with Crippen LogP contribution >= 0.6 is 0 Å². The summed E-state index contributed by atoms with van der Waals surface area (Å²) in [5, 5.41) is 2.70. The lowest BCUT2D eigenvalue weighted by molar-refractivity contribution is -0.130. The zero-order chi connectivity index (χ0) is 15.0. The van der Waals surface area contributed by atoms with Gasteiger partial charge in [0, 0.05) is 18.7 Å². The molecule has 0 aliphatic rings. The Morgan fingerprint density at radius 2 is 1.90 bits per heavy atom. The number of nitrogens with zero attached hydrogens (tertiary/aromatic N) is 1. The summed E-state index contributed by atoms with van der Waals surface area (Å²) in [5.41, 5.74) is 1.53. The Morgan fingerprint density at radius 1 is 1.20 bits per heavy atom. The predicted molar refractivity (Wildman–Crippen MR) is 80.7 cm³/mol. The first kappa shape index (κ1) is 16.2. The Labute approximate surface area is 121 Å². The molecule has 20 heavy (non-hydrogen) atoms. The molecule has 2 amide bonds. The van der Waals surface area contributed by atoms with E-state index < -0.39 is 0 Å². The molecule has 1 N–H and O–H groups in total. The lowest BCUT2D eigenvalue weighted by atomic mass is 10.1. The van der Waals surface area contributed by atoms with Gasteiger partial charge in [0.25, 0.3) is 5.91 Å². The van der Waals surface area contributed by atoms with E-state index in [1.54, 1.807) is 11.0 Å². The van der Waals surface area contributed by atoms with Crippen LogP contribution in [0.2, 0.25) is 0 Å². The molecular weight excluding hydrogens is 252 g/mol. The standard InChI is InChI=1S/C16H24N2O2/c1-4-6-11-18(5-2)15(19)12-17-16(20)14-10-8-7-9-13(14)3/h7-10H,4-6,11-12H2,1-3H3,(H,17,20). The topological polar surface area (TPSA) is 49.4 Å². The van der Waals surface area contributed by atoms with Gasteiger partial charge >= 0.3 is 0 Å². The van der Waals surface area contributed by atoms with Crippen LogP contribution in [0.15, 0.2) is 24.3 Å². The highest BCUT2D eigenvalue weighted by Crippen LogP contribution is 2.06. The minimum absolute atomic E-state index is 0.0251. The van der Waals surface area contributed by atoms with Crippen molar-refractivity contribution in [3.63, 3.8) is 0 Å². The lowest BCUT2D eigenvalue weighted by Crippen LogP contribution is -2.40. The highest BCUT2D eigenvalue weighted by molar-refractivity contribution is 5.97. The maximum Gasteiger partial charge on any atom is 0.251 e. The second kappa shape index (κ2) is 8.35. The number of rotatable bonds is 7. The third-order valence-corrected chi connectivity index (χ3v) is 3.31. The number of carbonyl (C=O) groups excluding carboxylic acids is 2. The van der Waals surface area contributed by atoms with E-state index in [9.17, 15) is 9.59 Å². The molecule has 0 aromatic heterocycles. The van der Waals surface area contributed by atoms with Gasteiger partial charge in [-0.2, -0.15) is 0 Å². The Hall–Kier alpha value is -1.84. The first-order valence-corrected chi connectivity index (χ1v) is 7.21. The first-order chi connectivity index (χ1) is 9.60. The van der Waals surface area contributed by atoms with Crippen molar-refractivity contribution in [2.75, 3.05) is 19.6 Å². The van der Waals surface area contributed by atoms with E-state index in [4.69, 9.17) is 0 Å². The van der Waals surface area contributed by atoms with E-state index in [0.29, 0.717) is 12.1 Å². The van der Waals surface area contributed by atoms with E-state index in [1.165, 1.54) is 0 Å². The average molecular weight is 276 g/mol. The number of carbonyl (C=O) groups is 2. The zero-order valence-corrected chi connectivity index (χ0v) is 12.6. The number of hydrogen-bond acceptors (Lipinski definition) is 2. The number of hydrogen-bond donors (Lipinski definition) is 1. The van der Waals surface area contributed by atoms with Gasteiger partial charge in [0.05, 0.1) is 6.54 Å². The smallest absolute Gasteiger partial charge is 0.251 e. The van der Waals surface area contributed by atoms with Crippen LogP contribution in [0.4, 0.5) is 0 Å². The molecule has 0 heterocycles. The van der Waals surface area contributed by atoms with Gasteiger partial charge in [0.15, 0.2) is 0 Å². The van der Waals surface area contributed by atoms with Crippen LogP contribution in [-0.4, -0.2) is 36.3 Å². The van der Waals surface area contributed by atoms with Crippen molar-refractivity contribution in [2.24, 2.45) is 0 Å². The number of likely N-dealkylation sites (N-methyl/N-ethyl adjacent to an activating group) is 1. The molecule has 0 atom stereocenters. The molecule has 1 aromatic carbocycles. The number of aryl methyl sites for hydroxylation is 1. The Morgan fingerprint density at radius 3 is 2.50 bits per heavy atom. The van der Waals surface area contributed by atoms with E-state index >= 15 is 0 Å². The zero-order valence-electron chi connectivity index (χ0n) is 12.6. The van der Waals surface area contributed by atoms with Crippen LogP contribution in [0, 0.1) is 6.92 Å². The van der Waals surface area contributed by atoms with Crippen LogP contribution in [0.3, 0.4) is 0 Å². The summed E-state index contributed by atoms with van der Waals surface area (Å²) in [4.78, 5) is 25.8. The van der Waals surface area contributed by atoms with Crippen molar-refractivity contribution >= 4 is 11.8 Å². The largest absolute Gasteiger partial charge is 0.343 e. The van der Waals surface area contributed by atoms with Crippen molar-refractivity contribution in [1.82, 2.24) is 10.2 Å². The molecule has 1 aromatic rings. The predicted octanol–water partition coefficient (Wildman–Crippen LogP) is 2.37. The molecule has 0 saturated heterocycles. The van der Waals surface area contributed by atoms with Gasteiger partial charge in [0.2, 0.25) is 5.91 Å². The fourth-order valence-electron chi connectivity index (χ4n) is 2.00. The van der Waals surface area contributed by atoms with Crippen LogP contribution in [-0.2, 0) is 4.79 Å². The Kier molecular flexibility index (Phi) is 6.77. The van der Waals surface area contributed by atoms with Crippen molar-refractivity contribution in [3.05, 3.63) is 35.4 Å². The van der Waals surface area contributed by atoms with Gasteiger partial charge in [-0.15, -0.1) is 0 Å². The fourth-order valence-corrected chi connectivity index (χ4v) is 2.00. The molecule has 0 fully saturated rings. The quantitative estimate of drug-likeness (QED) is 0.831. The normalized spacial score (nSPS) is 10.2. The molecule has 110 valence electrons. The molecule has 0 bridgehead atoms. The monoisotopic (exact) mass is 276 g/mol. The summed E-state index contributed by atoms with van der Waals surface area (Å²) in [7, 11) is 0. The Balaban J connectivity index is 2.52. The molecule has 0 aliphatic carbocycles. The molecule has 4 nitrogen and oxygen atoms in total. The maximum absolute atomic E-state index is 12.0. The molecular formula is C16H24N2O2. The molecule has 0 saturated carbocycles. The highest BCUT2D eigenvalue weighted by Gasteiger charge is 2.13. The van der Waals surface area contributed by atoms with Crippen LogP contribution in [0.1, 0.15) is 42.6 Å². The summed E-state index contributed by atoms with van der Waals surface area (Å²) in [6.45, 7) is 7.43. The van der Waals surface area contributed by atoms with Crippen molar-refractivity contribution in [1.29, 1.82) is 0 Å². The number of amides is 2. The SMILES string of the molecule is CCCCN(CC)C(=O)CNC(=O)c1ccccc1C. The summed E-state index contributed by atoms with van der Waals surface area (Å²) in [6, 6.07) is 7.37. The summed E-state index contributed by atoms with van der Waals surface area (Å²) in [5.74, 6) is -0.217. The van der Waals surface area contributed by atoms with Crippen LogP contribution in [0.5, 0.6) is 0 Å². The fraction of sp³-hybridized carbons (Fsp3) is 0.500. The maximum atomic E-state index is 12.0. The minimum atomic E-state index is -0.192. The average Bonchev–Trinajstić information content (AvgIpc) is 2.46. The second-order valence-electron chi connectivity index (χ2n) is 4.82. The van der Waals surface area contributed by atoms with Gasteiger partial charge in [-0.3, -0.25) is 9.59 Å².